The van der Waals surface area contributed by atoms with Crippen LogP contribution in [0, 0.1) is 10.1 Å². The number of aliphatic hydroxyl groups is 1. The number of aliphatic hydroxyl groups excluding tert-OH is 1. The van der Waals surface area contributed by atoms with Gasteiger partial charge in [0.05, 0.1) is 11.0 Å². The Balaban J connectivity index is 2.23. The van der Waals surface area contributed by atoms with Gasteiger partial charge in [0, 0.05) is 31.4 Å². The molecule has 6 nitrogen and oxygen atoms in total. The van der Waals surface area contributed by atoms with Gasteiger partial charge < -0.3 is 15.3 Å². The summed E-state index contributed by atoms with van der Waals surface area (Å²) in [6.45, 7) is 3.93. The first-order chi connectivity index (χ1) is 9.08. The van der Waals surface area contributed by atoms with Crippen molar-refractivity contribution in [2.75, 3.05) is 29.9 Å². The van der Waals surface area contributed by atoms with Gasteiger partial charge in [0.25, 0.3) is 5.69 Å². The average Bonchev–Trinajstić information content (AvgIpc) is 2.89. The molecule has 104 valence electrons. The standard InChI is InChI=1S/C13H19N3O3/c1-10(17)9-14-12-8-11(15-6-2-3-7-15)4-5-13(12)16(18)19/h4-5,8,10,14,17H,2-3,6-7,9H2,1H3/t10-/m0/s1. The smallest absolute Gasteiger partial charge is 0.292 e. The fourth-order valence-electron chi connectivity index (χ4n) is 2.25. The van der Waals surface area contributed by atoms with Crippen molar-refractivity contribution in [3.05, 3.63) is 28.3 Å². The summed E-state index contributed by atoms with van der Waals surface area (Å²) in [4.78, 5) is 12.8. The van der Waals surface area contributed by atoms with Gasteiger partial charge in [-0.2, -0.15) is 0 Å². The first-order valence-electron chi connectivity index (χ1n) is 6.53. The van der Waals surface area contributed by atoms with E-state index in [2.05, 4.69) is 10.2 Å². The zero-order valence-electron chi connectivity index (χ0n) is 11.0. The Morgan fingerprint density at radius 1 is 1.47 bits per heavy atom. The number of nitrogens with one attached hydrogen (secondary N) is 1. The predicted octanol–water partition coefficient (Wildman–Crippen LogP) is 1.99. The van der Waals surface area contributed by atoms with Crippen LogP contribution in [0.5, 0.6) is 0 Å². The van der Waals surface area contributed by atoms with Gasteiger partial charge in [0.1, 0.15) is 5.69 Å². The molecule has 1 heterocycles. The van der Waals surface area contributed by atoms with E-state index in [1.807, 2.05) is 0 Å². The van der Waals surface area contributed by atoms with E-state index in [0.29, 0.717) is 12.2 Å². The Morgan fingerprint density at radius 3 is 2.74 bits per heavy atom. The maximum atomic E-state index is 11.0. The molecule has 0 unspecified atom stereocenters. The van der Waals surface area contributed by atoms with E-state index in [0.717, 1.165) is 31.6 Å². The molecular weight excluding hydrogens is 246 g/mol. The third kappa shape index (κ3) is 3.35. The van der Waals surface area contributed by atoms with E-state index in [-0.39, 0.29) is 5.69 Å². The minimum Gasteiger partial charge on any atom is -0.392 e. The molecule has 0 saturated carbocycles. The van der Waals surface area contributed by atoms with Crippen molar-refractivity contribution in [3.63, 3.8) is 0 Å². The second-order valence-corrected chi connectivity index (χ2v) is 4.88. The highest BCUT2D eigenvalue weighted by molar-refractivity contribution is 5.69. The number of nitro benzene ring substituents is 1. The van der Waals surface area contributed by atoms with Gasteiger partial charge in [-0.15, -0.1) is 0 Å². The monoisotopic (exact) mass is 265 g/mol. The summed E-state index contributed by atoms with van der Waals surface area (Å²) in [7, 11) is 0. The van der Waals surface area contributed by atoms with Crippen molar-refractivity contribution in [1.29, 1.82) is 0 Å². The molecule has 0 aromatic heterocycles. The molecule has 2 N–H and O–H groups in total. The average molecular weight is 265 g/mol. The Hall–Kier alpha value is -1.82. The predicted molar refractivity (Wildman–Crippen MR) is 74.7 cm³/mol. The molecule has 1 aromatic carbocycles. The van der Waals surface area contributed by atoms with Crippen LogP contribution in [0.2, 0.25) is 0 Å². The highest BCUT2D eigenvalue weighted by Crippen LogP contribution is 2.31. The SMILES string of the molecule is C[C@H](O)CNc1cc(N2CCCC2)ccc1[N+](=O)[O-]. The van der Waals surface area contributed by atoms with Crippen molar-refractivity contribution in [3.8, 4) is 0 Å². The van der Waals surface area contributed by atoms with Crippen LogP contribution in [-0.2, 0) is 0 Å². The van der Waals surface area contributed by atoms with Gasteiger partial charge in [0.2, 0.25) is 0 Å². The molecule has 1 aromatic rings. The van der Waals surface area contributed by atoms with Crippen molar-refractivity contribution < 1.29 is 10.0 Å². The summed E-state index contributed by atoms with van der Waals surface area (Å²) < 4.78 is 0. The Bertz CT molecular complexity index is 456. The highest BCUT2D eigenvalue weighted by Gasteiger charge is 2.18. The van der Waals surface area contributed by atoms with Crippen molar-refractivity contribution in [2.45, 2.75) is 25.9 Å². The van der Waals surface area contributed by atoms with Crippen LogP contribution in [0.1, 0.15) is 19.8 Å². The second-order valence-electron chi connectivity index (χ2n) is 4.88. The van der Waals surface area contributed by atoms with Crippen LogP contribution < -0.4 is 10.2 Å². The molecule has 0 bridgehead atoms. The summed E-state index contributed by atoms with van der Waals surface area (Å²) in [5, 5.41) is 23.2. The normalized spacial score (nSPS) is 16.4. The second kappa shape index (κ2) is 5.88. The van der Waals surface area contributed by atoms with Gasteiger partial charge >= 0.3 is 0 Å². The first-order valence-corrected chi connectivity index (χ1v) is 6.53. The lowest BCUT2D eigenvalue weighted by molar-refractivity contribution is -0.383. The van der Waals surface area contributed by atoms with E-state index >= 15 is 0 Å². The van der Waals surface area contributed by atoms with Crippen LogP contribution in [0.3, 0.4) is 0 Å². The van der Waals surface area contributed by atoms with Crippen LogP contribution >= 0.6 is 0 Å². The van der Waals surface area contributed by atoms with Crippen LogP contribution in [0.15, 0.2) is 18.2 Å². The zero-order chi connectivity index (χ0) is 13.8. The minimum atomic E-state index is -0.546. The number of hydrogen-bond acceptors (Lipinski definition) is 5. The molecule has 1 atom stereocenters. The van der Waals surface area contributed by atoms with Crippen LogP contribution in [0.25, 0.3) is 0 Å². The third-order valence-corrected chi connectivity index (χ3v) is 3.24. The molecular formula is C13H19N3O3. The number of benzene rings is 1. The van der Waals surface area contributed by atoms with Crippen LogP contribution in [0.4, 0.5) is 17.1 Å². The molecule has 6 heteroatoms. The molecule has 1 aliphatic heterocycles. The molecule has 0 amide bonds. The Kier molecular flexibility index (Phi) is 4.21. The number of nitrogens with zero attached hydrogens (tertiary/aromatic N) is 2. The largest absolute Gasteiger partial charge is 0.392 e. The lowest BCUT2D eigenvalue weighted by atomic mass is 10.2. The number of rotatable bonds is 5. The van der Waals surface area contributed by atoms with Gasteiger partial charge in [0.15, 0.2) is 0 Å². The molecule has 1 aliphatic rings. The quantitative estimate of drug-likeness (QED) is 0.628. The summed E-state index contributed by atoms with van der Waals surface area (Å²) in [5.74, 6) is 0. The van der Waals surface area contributed by atoms with Gasteiger partial charge in [-0.3, -0.25) is 10.1 Å². The number of nitro groups is 1. The summed E-state index contributed by atoms with van der Waals surface area (Å²) in [6, 6.07) is 5.11. The van der Waals surface area contributed by atoms with E-state index < -0.39 is 11.0 Å². The summed E-state index contributed by atoms with van der Waals surface area (Å²) in [6.07, 6.45) is 1.77. The minimum absolute atomic E-state index is 0.0450. The molecule has 1 saturated heterocycles. The van der Waals surface area contributed by atoms with E-state index in [9.17, 15) is 15.2 Å². The molecule has 2 rings (SSSR count). The Morgan fingerprint density at radius 2 is 2.16 bits per heavy atom. The molecule has 1 fully saturated rings. The van der Waals surface area contributed by atoms with E-state index in [1.54, 1.807) is 19.1 Å². The van der Waals surface area contributed by atoms with Gasteiger partial charge in [-0.25, -0.2) is 0 Å². The van der Waals surface area contributed by atoms with Crippen molar-refractivity contribution >= 4 is 17.1 Å². The topological polar surface area (TPSA) is 78.6 Å². The Labute approximate surface area is 112 Å². The molecule has 0 radical (unpaired) electrons. The van der Waals surface area contributed by atoms with Crippen molar-refractivity contribution in [2.24, 2.45) is 0 Å². The highest BCUT2D eigenvalue weighted by atomic mass is 16.6. The van der Waals surface area contributed by atoms with Gasteiger partial charge in [-0.1, -0.05) is 0 Å². The maximum absolute atomic E-state index is 11.0. The maximum Gasteiger partial charge on any atom is 0.292 e. The third-order valence-electron chi connectivity index (χ3n) is 3.24. The number of hydrogen-bond donors (Lipinski definition) is 2. The lowest BCUT2D eigenvalue weighted by Crippen LogP contribution is -2.19. The molecule has 0 spiro atoms. The molecule has 0 aliphatic carbocycles. The van der Waals surface area contributed by atoms with Crippen LogP contribution in [-0.4, -0.2) is 35.8 Å². The van der Waals surface area contributed by atoms with Gasteiger partial charge in [-0.05, 0) is 31.9 Å². The summed E-state index contributed by atoms with van der Waals surface area (Å²) >= 11 is 0. The van der Waals surface area contributed by atoms with E-state index in [1.165, 1.54) is 6.07 Å². The number of anilines is 2. The summed E-state index contributed by atoms with van der Waals surface area (Å²) in [5.41, 5.74) is 1.51. The fraction of sp³-hybridized carbons (Fsp3) is 0.538. The lowest BCUT2D eigenvalue weighted by Gasteiger charge is -2.19. The van der Waals surface area contributed by atoms with Crippen molar-refractivity contribution in [1.82, 2.24) is 0 Å². The first kappa shape index (κ1) is 13.6. The zero-order valence-corrected chi connectivity index (χ0v) is 11.0. The molecule has 19 heavy (non-hydrogen) atoms. The fourth-order valence-corrected chi connectivity index (χ4v) is 2.25. The van der Waals surface area contributed by atoms with E-state index in [4.69, 9.17) is 0 Å².